The first-order valence-corrected chi connectivity index (χ1v) is 10.8. The van der Waals surface area contributed by atoms with Crippen LogP contribution in [0.15, 0.2) is 53.1 Å². The molecule has 0 N–H and O–H groups in total. The molecule has 0 saturated carbocycles. The number of hydrogen-bond acceptors (Lipinski definition) is 4. The number of piperidine rings is 1. The Kier molecular flexibility index (Phi) is 4.80. The lowest BCUT2D eigenvalue weighted by atomic mass is 9.83. The van der Waals surface area contributed by atoms with Gasteiger partial charge in [-0.05, 0) is 44.0 Å². The zero-order valence-corrected chi connectivity index (χ0v) is 17.5. The lowest BCUT2D eigenvalue weighted by molar-refractivity contribution is -0.00902. The van der Waals surface area contributed by atoms with Gasteiger partial charge < -0.3 is 8.98 Å². The molecule has 0 radical (unpaired) electrons. The molecule has 1 aromatic carbocycles. The maximum atomic E-state index is 5.81. The second-order valence-corrected chi connectivity index (χ2v) is 8.38. The van der Waals surface area contributed by atoms with Crippen molar-refractivity contribution in [1.29, 1.82) is 0 Å². The Morgan fingerprint density at radius 2 is 1.79 bits per heavy atom. The van der Waals surface area contributed by atoms with Gasteiger partial charge in [-0.1, -0.05) is 37.3 Å². The van der Waals surface area contributed by atoms with Gasteiger partial charge in [-0.15, -0.1) is 0 Å². The van der Waals surface area contributed by atoms with E-state index in [-0.39, 0.29) is 5.54 Å². The molecule has 0 atom stereocenters. The van der Waals surface area contributed by atoms with Crippen LogP contribution in [0.3, 0.4) is 0 Å². The summed E-state index contributed by atoms with van der Waals surface area (Å²) in [7, 11) is 0. The average molecular weight is 391 g/mol. The van der Waals surface area contributed by atoms with Crippen molar-refractivity contribution in [2.75, 3.05) is 26.2 Å². The lowest BCUT2D eigenvalue weighted by Gasteiger charge is -2.50. The SMILES string of the molecule is CCN1CCn2c(-c3ccccc3)cnc2C12CCN(Cc1ccc(C)o1)CC2. The lowest BCUT2D eigenvalue weighted by Crippen LogP contribution is -2.57. The number of likely N-dealkylation sites (N-methyl/N-ethyl adjacent to an activating group) is 1. The molecule has 2 aliphatic rings. The van der Waals surface area contributed by atoms with Gasteiger partial charge in [-0.2, -0.15) is 0 Å². The van der Waals surface area contributed by atoms with Crippen molar-refractivity contribution in [3.63, 3.8) is 0 Å². The number of fused-ring (bicyclic) bond motifs is 2. The number of benzene rings is 1. The molecular formula is C24H30N4O. The molecule has 5 rings (SSSR count). The van der Waals surface area contributed by atoms with Crippen LogP contribution in [0, 0.1) is 6.92 Å². The van der Waals surface area contributed by atoms with Gasteiger partial charge in [0.25, 0.3) is 0 Å². The molecule has 29 heavy (non-hydrogen) atoms. The summed E-state index contributed by atoms with van der Waals surface area (Å²) in [6.45, 7) is 10.5. The Balaban J connectivity index is 1.42. The van der Waals surface area contributed by atoms with Crippen LogP contribution in [0.1, 0.15) is 37.1 Å². The molecule has 0 aliphatic carbocycles. The Hall–Kier alpha value is -2.37. The number of furan rings is 1. The minimum Gasteiger partial charge on any atom is -0.465 e. The van der Waals surface area contributed by atoms with Crippen LogP contribution in [-0.4, -0.2) is 45.5 Å². The Morgan fingerprint density at radius 1 is 1.00 bits per heavy atom. The van der Waals surface area contributed by atoms with Gasteiger partial charge in [-0.25, -0.2) is 4.98 Å². The third kappa shape index (κ3) is 3.22. The zero-order valence-electron chi connectivity index (χ0n) is 17.5. The van der Waals surface area contributed by atoms with Gasteiger partial charge in [0.2, 0.25) is 0 Å². The van der Waals surface area contributed by atoms with E-state index in [1.54, 1.807) is 0 Å². The highest BCUT2D eigenvalue weighted by Gasteiger charge is 2.46. The topological polar surface area (TPSA) is 37.4 Å². The summed E-state index contributed by atoms with van der Waals surface area (Å²) in [6, 6.07) is 14.9. The highest BCUT2D eigenvalue weighted by molar-refractivity contribution is 5.59. The van der Waals surface area contributed by atoms with E-state index >= 15 is 0 Å². The fraction of sp³-hybridized carbons (Fsp3) is 0.458. The molecule has 5 nitrogen and oxygen atoms in total. The molecule has 3 aromatic rings. The van der Waals surface area contributed by atoms with E-state index in [0.717, 1.165) is 63.6 Å². The maximum absolute atomic E-state index is 5.81. The molecule has 1 saturated heterocycles. The maximum Gasteiger partial charge on any atom is 0.129 e. The number of imidazole rings is 1. The highest BCUT2D eigenvalue weighted by Crippen LogP contribution is 2.42. The van der Waals surface area contributed by atoms with E-state index in [0.29, 0.717) is 0 Å². The van der Waals surface area contributed by atoms with E-state index in [1.165, 1.54) is 17.1 Å². The summed E-state index contributed by atoms with van der Waals surface area (Å²) >= 11 is 0. The minimum absolute atomic E-state index is 0.0512. The van der Waals surface area contributed by atoms with E-state index in [1.807, 2.05) is 6.92 Å². The van der Waals surface area contributed by atoms with Crippen molar-refractivity contribution in [1.82, 2.24) is 19.4 Å². The third-order valence-corrected chi connectivity index (χ3v) is 6.78. The minimum atomic E-state index is 0.0512. The molecule has 152 valence electrons. The number of likely N-dealkylation sites (tertiary alicyclic amines) is 1. The number of aryl methyl sites for hydroxylation is 1. The highest BCUT2D eigenvalue weighted by atomic mass is 16.3. The van der Waals surface area contributed by atoms with Crippen LogP contribution in [0.2, 0.25) is 0 Å². The normalized spacial score (nSPS) is 19.5. The largest absolute Gasteiger partial charge is 0.465 e. The molecule has 2 aromatic heterocycles. The average Bonchev–Trinajstić information content (AvgIpc) is 3.37. The standard InChI is InChI=1S/C24H30N4O/c1-3-27-15-16-28-22(20-7-5-4-6-8-20)17-25-23(28)24(27)11-13-26(14-12-24)18-21-10-9-19(2)29-21/h4-10,17H,3,11-16,18H2,1-2H3. The number of hydrogen-bond donors (Lipinski definition) is 0. The Bertz CT molecular complexity index is 966. The van der Waals surface area contributed by atoms with E-state index < -0.39 is 0 Å². The van der Waals surface area contributed by atoms with Crippen LogP contribution in [0.5, 0.6) is 0 Å². The smallest absolute Gasteiger partial charge is 0.129 e. The van der Waals surface area contributed by atoms with Crippen molar-refractivity contribution < 1.29 is 4.42 Å². The van der Waals surface area contributed by atoms with Crippen molar-refractivity contribution in [3.8, 4) is 11.3 Å². The van der Waals surface area contributed by atoms with Crippen molar-refractivity contribution >= 4 is 0 Å². The summed E-state index contributed by atoms with van der Waals surface area (Å²) in [4.78, 5) is 10.2. The zero-order chi connectivity index (χ0) is 19.8. The fourth-order valence-corrected chi connectivity index (χ4v) is 5.26. The Labute approximate surface area is 173 Å². The van der Waals surface area contributed by atoms with E-state index in [4.69, 9.17) is 9.40 Å². The third-order valence-electron chi connectivity index (χ3n) is 6.78. The molecule has 0 amide bonds. The van der Waals surface area contributed by atoms with Gasteiger partial charge >= 0.3 is 0 Å². The van der Waals surface area contributed by atoms with E-state index in [9.17, 15) is 0 Å². The Morgan fingerprint density at radius 3 is 2.48 bits per heavy atom. The summed E-state index contributed by atoms with van der Waals surface area (Å²) in [5.41, 5.74) is 2.57. The molecule has 5 heteroatoms. The summed E-state index contributed by atoms with van der Waals surface area (Å²) in [5.74, 6) is 3.33. The van der Waals surface area contributed by atoms with Gasteiger partial charge in [0.1, 0.15) is 17.3 Å². The summed E-state index contributed by atoms with van der Waals surface area (Å²) < 4.78 is 8.28. The van der Waals surface area contributed by atoms with Crippen molar-refractivity contribution in [2.24, 2.45) is 0 Å². The monoisotopic (exact) mass is 390 g/mol. The quantitative estimate of drug-likeness (QED) is 0.666. The van der Waals surface area contributed by atoms with E-state index in [2.05, 4.69) is 70.0 Å². The first-order valence-electron chi connectivity index (χ1n) is 10.8. The van der Waals surface area contributed by atoms with Gasteiger partial charge in [0, 0.05) is 26.2 Å². The van der Waals surface area contributed by atoms with Crippen molar-refractivity contribution in [3.05, 3.63) is 66.0 Å². The first kappa shape index (κ1) is 18.6. The van der Waals surface area contributed by atoms with Gasteiger partial charge in [-0.3, -0.25) is 9.80 Å². The number of rotatable bonds is 4. The second-order valence-electron chi connectivity index (χ2n) is 8.38. The van der Waals surface area contributed by atoms with Crippen LogP contribution < -0.4 is 0 Å². The van der Waals surface area contributed by atoms with Gasteiger partial charge in [0.15, 0.2) is 0 Å². The molecule has 1 spiro atoms. The molecule has 0 unspecified atom stereocenters. The van der Waals surface area contributed by atoms with Crippen LogP contribution in [-0.2, 0) is 18.6 Å². The van der Waals surface area contributed by atoms with Crippen LogP contribution in [0.4, 0.5) is 0 Å². The first-order chi connectivity index (χ1) is 14.2. The van der Waals surface area contributed by atoms with Crippen LogP contribution >= 0.6 is 0 Å². The molecule has 4 heterocycles. The second kappa shape index (κ2) is 7.47. The number of nitrogens with zero attached hydrogens (tertiary/aromatic N) is 4. The van der Waals surface area contributed by atoms with Crippen LogP contribution in [0.25, 0.3) is 11.3 Å². The molecule has 1 fully saturated rings. The predicted octanol–water partition coefficient (Wildman–Crippen LogP) is 4.28. The fourth-order valence-electron chi connectivity index (χ4n) is 5.26. The van der Waals surface area contributed by atoms with Crippen molar-refractivity contribution in [2.45, 2.75) is 45.3 Å². The predicted molar refractivity (Wildman–Crippen MR) is 115 cm³/mol. The van der Waals surface area contributed by atoms with Gasteiger partial charge in [0.05, 0.1) is 24.0 Å². The number of aromatic nitrogens is 2. The molecular weight excluding hydrogens is 360 g/mol. The summed E-state index contributed by atoms with van der Waals surface area (Å²) in [6.07, 6.45) is 4.32. The summed E-state index contributed by atoms with van der Waals surface area (Å²) in [5, 5.41) is 0. The molecule has 0 bridgehead atoms. The molecule has 2 aliphatic heterocycles.